The second-order valence-electron chi connectivity index (χ2n) is 5.11. The second kappa shape index (κ2) is 7.96. The number of hydrogen-bond donors (Lipinski definition) is 2. The number of hydrogen-bond acceptors (Lipinski definition) is 4. The molecule has 4 heteroatoms. The Morgan fingerprint density at radius 2 is 1.74 bits per heavy atom. The number of carbonyl (C=O) groups is 1. The van der Waals surface area contributed by atoms with Gasteiger partial charge in [0.2, 0.25) is 0 Å². The Hall–Kier alpha value is -2.85. The van der Waals surface area contributed by atoms with Gasteiger partial charge in [-0.1, -0.05) is 49.0 Å². The van der Waals surface area contributed by atoms with E-state index in [0.29, 0.717) is 24.0 Å². The molecule has 4 nitrogen and oxygen atoms in total. The third-order valence-electron chi connectivity index (χ3n) is 3.46. The molecule has 2 aromatic carbocycles. The smallest absolute Gasteiger partial charge is 0.368 e. The van der Waals surface area contributed by atoms with Gasteiger partial charge in [-0.2, -0.15) is 5.26 Å². The Kier molecular flexibility index (Phi) is 5.72. The summed E-state index contributed by atoms with van der Waals surface area (Å²) in [7, 11) is 0. The minimum absolute atomic E-state index is 0.157. The number of carbonyl (C=O) groups excluding carboxylic acids is 1. The average molecular weight is 310 g/mol. The lowest BCUT2D eigenvalue weighted by Gasteiger charge is -2.07. The fourth-order valence-corrected chi connectivity index (χ4v) is 2.18. The van der Waals surface area contributed by atoms with Gasteiger partial charge in [0.25, 0.3) is 0 Å². The summed E-state index contributed by atoms with van der Waals surface area (Å²) >= 11 is 0. The maximum absolute atomic E-state index is 11.7. The van der Waals surface area contributed by atoms with E-state index in [-0.39, 0.29) is 5.75 Å². The van der Waals surface area contributed by atoms with Gasteiger partial charge in [-0.25, -0.2) is 4.79 Å². The fourth-order valence-electron chi connectivity index (χ4n) is 2.18. The van der Waals surface area contributed by atoms with Crippen LogP contribution in [0.4, 0.5) is 0 Å². The highest BCUT2D eigenvalue weighted by molar-refractivity contribution is 5.92. The normalized spacial score (nSPS) is 11.1. The van der Waals surface area contributed by atoms with Crippen molar-refractivity contribution in [2.75, 3.05) is 0 Å². The van der Waals surface area contributed by atoms with Crippen LogP contribution in [0.1, 0.15) is 17.5 Å². The first-order valence-electron chi connectivity index (χ1n) is 7.18. The highest BCUT2D eigenvalue weighted by Crippen LogP contribution is 2.21. The zero-order chi connectivity index (χ0) is 16.7. The van der Waals surface area contributed by atoms with Gasteiger partial charge in [-0.15, -0.1) is 0 Å². The molecule has 0 aromatic heterocycles. The van der Waals surface area contributed by atoms with Crippen molar-refractivity contribution in [3.63, 3.8) is 0 Å². The van der Waals surface area contributed by atoms with Gasteiger partial charge in [0, 0.05) is 5.57 Å². The largest absolute Gasteiger partial charge is 0.508 e. The van der Waals surface area contributed by atoms with Crippen molar-refractivity contribution in [1.82, 2.24) is 0 Å². The molecule has 118 valence electrons. The zero-order valence-electron chi connectivity index (χ0n) is 12.6. The summed E-state index contributed by atoms with van der Waals surface area (Å²) in [6.07, 6.45) is 2.65. The topological polar surface area (TPSA) is 66.8 Å². The van der Waals surface area contributed by atoms with Gasteiger partial charge >= 0.3 is 5.97 Å². The Labute approximate surface area is 134 Å². The average Bonchev–Trinajstić information content (AvgIpc) is 2.59. The van der Waals surface area contributed by atoms with E-state index < -0.39 is 5.97 Å². The molecule has 0 unspecified atom stereocenters. The van der Waals surface area contributed by atoms with Gasteiger partial charge in [0.05, 0.1) is 0 Å². The van der Waals surface area contributed by atoms with Crippen LogP contribution in [0.5, 0.6) is 5.75 Å². The van der Waals surface area contributed by atoms with E-state index in [1.54, 1.807) is 30.3 Å². The number of aromatic hydroxyl groups is 1. The van der Waals surface area contributed by atoms with Gasteiger partial charge in [0.1, 0.15) is 5.75 Å². The second-order valence-corrected chi connectivity index (χ2v) is 5.11. The highest BCUT2D eigenvalue weighted by atomic mass is 17.1. The van der Waals surface area contributed by atoms with E-state index in [0.717, 1.165) is 11.1 Å². The first-order chi connectivity index (χ1) is 11.1. The maximum atomic E-state index is 11.7. The third-order valence-corrected chi connectivity index (χ3v) is 3.46. The third kappa shape index (κ3) is 4.83. The zero-order valence-corrected chi connectivity index (χ0v) is 12.6. The van der Waals surface area contributed by atoms with Crippen LogP contribution < -0.4 is 0 Å². The van der Waals surface area contributed by atoms with Crippen molar-refractivity contribution in [2.24, 2.45) is 0 Å². The lowest BCUT2D eigenvalue weighted by atomic mass is 10.00. The SMILES string of the molecule is C=C(/C=C(\CCc1ccccc1)C(=O)OO)c1ccc(O)cc1. The lowest BCUT2D eigenvalue weighted by Crippen LogP contribution is -2.06. The van der Waals surface area contributed by atoms with Crippen molar-refractivity contribution in [2.45, 2.75) is 12.8 Å². The standard InChI is InChI=1S/C19H18O4/c1-14(16-9-11-18(20)12-10-16)13-17(19(21)23-22)8-7-15-5-3-2-4-6-15/h2-6,9-13,20,22H,1,7-8H2/b17-13+. The van der Waals surface area contributed by atoms with Crippen molar-refractivity contribution in [3.8, 4) is 5.75 Å². The molecule has 0 aliphatic heterocycles. The van der Waals surface area contributed by atoms with E-state index in [1.807, 2.05) is 30.3 Å². The number of phenolic OH excluding ortho intramolecular Hbond substituents is 1. The molecule has 2 aromatic rings. The summed E-state index contributed by atoms with van der Waals surface area (Å²) in [6, 6.07) is 16.2. The maximum Gasteiger partial charge on any atom is 0.368 e. The molecule has 0 fully saturated rings. The number of rotatable bonds is 6. The summed E-state index contributed by atoms with van der Waals surface area (Å²) in [6.45, 7) is 3.92. The Bertz CT molecular complexity index is 700. The molecule has 0 atom stereocenters. The van der Waals surface area contributed by atoms with Crippen LogP contribution in [-0.4, -0.2) is 16.3 Å². The molecule has 0 amide bonds. The monoisotopic (exact) mass is 310 g/mol. The van der Waals surface area contributed by atoms with Crippen molar-refractivity contribution < 1.29 is 20.0 Å². The first kappa shape index (κ1) is 16.5. The number of benzene rings is 2. The highest BCUT2D eigenvalue weighted by Gasteiger charge is 2.12. The van der Waals surface area contributed by atoms with Gasteiger partial charge in [-0.3, -0.25) is 4.89 Å². The first-order valence-corrected chi connectivity index (χ1v) is 7.18. The van der Waals surface area contributed by atoms with Crippen LogP contribution in [0, 0.1) is 0 Å². The summed E-state index contributed by atoms with van der Waals surface area (Å²) in [5, 5.41) is 18.0. The molecular formula is C19H18O4. The molecule has 0 radical (unpaired) electrons. The van der Waals surface area contributed by atoms with E-state index >= 15 is 0 Å². The molecule has 0 aliphatic rings. The number of allylic oxidation sites excluding steroid dienone is 2. The van der Waals surface area contributed by atoms with E-state index in [1.165, 1.54) is 0 Å². The predicted octanol–water partition coefficient (Wildman–Crippen LogP) is 3.98. The predicted molar refractivity (Wildman–Crippen MR) is 88.7 cm³/mol. The van der Waals surface area contributed by atoms with E-state index in [4.69, 9.17) is 5.26 Å². The molecule has 2 rings (SSSR count). The summed E-state index contributed by atoms with van der Waals surface area (Å²) in [5.74, 6) is -0.634. The summed E-state index contributed by atoms with van der Waals surface area (Å²) in [5.41, 5.74) is 2.78. The van der Waals surface area contributed by atoms with Crippen molar-refractivity contribution >= 4 is 11.5 Å². The van der Waals surface area contributed by atoms with Gasteiger partial charge in [-0.05, 0) is 47.8 Å². The Balaban J connectivity index is 2.15. The molecular weight excluding hydrogens is 292 g/mol. The number of phenols is 1. The molecule has 0 heterocycles. The van der Waals surface area contributed by atoms with Crippen molar-refractivity contribution in [3.05, 3.63) is 84.0 Å². The Morgan fingerprint density at radius 1 is 1.09 bits per heavy atom. The minimum atomic E-state index is -0.791. The quantitative estimate of drug-likeness (QED) is 0.366. The molecule has 0 bridgehead atoms. The lowest BCUT2D eigenvalue weighted by molar-refractivity contribution is -0.229. The summed E-state index contributed by atoms with van der Waals surface area (Å²) < 4.78 is 0. The molecule has 0 saturated heterocycles. The fraction of sp³-hybridized carbons (Fsp3) is 0.105. The molecule has 23 heavy (non-hydrogen) atoms. The van der Waals surface area contributed by atoms with Crippen LogP contribution in [0.3, 0.4) is 0 Å². The molecule has 0 aliphatic carbocycles. The van der Waals surface area contributed by atoms with Crippen LogP contribution in [0.15, 0.2) is 72.8 Å². The minimum Gasteiger partial charge on any atom is -0.508 e. The van der Waals surface area contributed by atoms with E-state index in [9.17, 15) is 9.90 Å². The number of aryl methyl sites for hydroxylation is 1. The van der Waals surface area contributed by atoms with Crippen LogP contribution in [0.2, 0.25) is 0 Å². The molecule has 2 N–H and O–H groups in total. The molecule has 0 saturated carbocycles. The van der Waals surface area contributed by atoms with Crippen LogP contribution in [0.25, 0.3) is 5.57 Å². The van der Waals surface area contributed by atoms with E-state index in [2.05, 4.69) is 11.5 Å². The van der Waals surface area contributed by atoms with Crippen LogP contribution >= 0.6 is 0 Å². The summed E-state index contributed by atoms with van der Waals surface area (Å²) in [4.78, 5) is 15.6. The van der Waals surface area contributed by atoms with Gasteiger partial charge in [0.15, 0.2) is 0 Å². The Morgan fingerprint density at radius 3 is 2.35 bits per heavy atom. The molecule has 0 spiro atoms. The van der Waals surface area contributed by atoms with Crippen LogP contribution in [-0.2, 0) is 16.1 Å². The van der Waals surface area contributed by atoms with Crippen molar-refractivity contribution in [1.29, 1.82) is 0 Å². The van der Waals surface area contributed by atoms with Gasteiger partial charge < -0.3 is 5.11 Å².